The molecule has 0 saturated carbocycles. The van der Waals surface area contributed by atoms with Gasteiger partial charge in [-0.3, -0.25) is 9.59 Å². The molecule has 0 radical (unpaired) electrons. The molecule has 6 nitrogen and oxygen atoms in total. The van der Waals surface area contributed by atoms with E-state index >= 15 is 0 Å². The third kappa shape index (κ3) is 6.79. The smallest absolute Gasteiger partial charge is 0.226 e. The van der Waals surface area contributed by atoms with Crippen molar-refractivity contribution < 1.29 is 14.3 Å². The largest absolute Gasteiger partial charge is 0.494 e. The summed E-state index contributed by atoms with van der Waals surface area (Å²) < 4.78 is 5.77. The summed E-state index contributed by atoms with van der Waals surface area (Å²) in [6.07, 6.45) is 2.33. The lowest BCUT2D eigenvalue weighted by Gasteiger charge is -2.26. The predicted octanol–water partition coefficient (Wildman–Crippen LogP) is 5.17. The van der Waals surface area contributed by atoms with Crippen LogP contribution in [0.4, 0.5) is 5.13 Å². The van der Waals surface area contributed by atoms with Crippen LogP contribution in [0, 0.1) is 5.92 Å². The van der Waals surface area contributed by atoms with Gasteiger partial charge in [-0.1, -0.05) is 58.1 Å². The van der Waals surface area contributed by atoms with E-state index in [-0.39, 0.29) is 17.2 Å². The van der Waals surface area contributed by atoms with E-state index in [0.29, 0.717) is 50.0 Å². The second kappa shape index (κ2) is 10.5. The zero-order chi connectivity index (χ0) is 23.3. The third-order valence-electron chi connectivity index (χ3n) is 5.45. The van der Waals surface area contributed by atoms with Crippen LogP contribution in [0.15, 0.2) is 24.3 Å². The van der Waals surface area contributed by atoms with E-state index in [1.807, 2.05) is 17.0 Å². The number of rotatable bonds is 8. The van der Waals surface area contributed by atoms with Gasteiger partial charge < -0.3 is 15.0 Å². The molecule has 0 saturated heterocycles. The van der Waals surface area contributed by atoms with Crippen molar-refractivity contribution in [2.45, 2.75) is 72.3 Å². The van der Waals surface area contributed by atoms with Crippen molar-refractivity contribution >= 4 is 28.3 Å². The Balaban J connectivity index is 1.41. The number of thiazole rings is 1. The van der Waals surface area contributed by atoms with Gasteiger partial charge >= 0.3 is 0 Å². The van der Waals surface area contributed by atoms with Gasteiger partial charge in [0.1, 0.15) is 5.75 Å². The normalized spacial score (nSPS) is 13.8. The molecule has 1 N–H and O–H groups in total. The van der Waals surface area contributed by atoms with Crippen LogP contribution in [-0.2, 0) is 28.0 Å². The SMILES string of the molecule is CC(C)CC(=O)N1CCc2nc(NC(=O)CCCOc3ccc(C(C)(C)C)cc3)sc2C1. The summed E-state index contributed by atoms with van der Waals surface area (Å²) in [4.78, 5) is 32.2. The molecule has 32 heavy (non-hydrogen) atoms. The second-order valence-electron chi connectivity index (χ2n) is 9.83. The second-order valence-corrected chi connectivity index (χ2v) is 10.9. The summed E-state index contributed by atoms with van der Waals surface area (Å²) >= 11 is 1.47. The molecule has 0 fully saturated rings. The average Bonchev–Trinajstić information content (AvgIpc) is 3.11. The van der Waals surface area contributed by atoms with E-state index in [2.05, 4.69) is 57.1 Å². The minimum atomic E-state index is -0.0597. The van der Waals surface area contributed by atoms with Crippen LogP contribution in [0.25, 0.3) is 0 Å². The number of ether oxygens (including phenoxy) is 1. The predicted molar refractivity (Wildman–Crippen MR) is 129 cm³/mol. The van der Waals surface area contributed by atoms with E-state index in [1.165, 1.54) is 16.9 Å². The van der Waals surface area contributed by atoms with Crippen molar-refractivity contribution in [2.75, 3.05) is 18.5 Å². The molecule has 1 aromatic carbocycles. The van der Waals surface area contributed by atoms with Gasteiger partial charge in [0.2, 0.25) is 11.8 Å². The summed E-state index contributed by atoms with van der Waals surface area (Å²) in [6.45, 7) is 12.4. The molecule has 3 rings (SSSR count). The zero-order valence-electron chi connectivity index (χ0n) is 19.9. The molecule has 2 heterocycles. The van der Waals surface area contributed by atoms with Crippen LogP contribution in [-0.4, -0.2) is 34.8 Å². The molecule has 1 aliphatic rings. The van der Waals surface area contributed by atoms with E-state index in [0.717, 1.165) is 22.7 Å². The van der Waals surface area contributed by atoms with E-state index in [1.54, 1.807) is 0 Å². The first-order chi connectivity index (χ1) is 15.1. The maximum absolute atomic E-state index is 12.3. The number of hydrogen-bond donors (Lipinski definition) is 1. The lowest BCUT2D eigenvalue weighted by molar-refractivity contribution is -0.132. The van der Waals surface area contributed by atoms with Gasteiger partial charge in [-0.2, -0.15) is 0 Å². The van der Waals surface area contributed by atoms with Crippen molar-refractivity contribution in [3.05, 3.63) is 40.4 Å². The number of carbonyl (C=O) groups excluding carboxylic acids is 2. The van der Waals surface area contributed by atoms with Crippen molar-refractivity contribution in [1.82, 2.24) is 9.88 Å². The highest BCUT2D eigenvalue weighted by Crippen LogP contribution is 2.29. The van der Waals surface area contributed by atoms with Crippen LogP contribution in [0.3, 0.4) is 0 Å². The Morgan fingerprint density at radius 3 is 2.59 bits per heavy atom. The van der Waals surface area contributed by atoms with Crippen LogP contribution in [0.1, 0.15) is 70.0 Å². The fourth-order valence-corrected chi connectivity index (χ4v) is 4.64. The highest BCUT2D eigenvalue weighted by molar-refractivity contribution is 7.15. The number of aromatic nitrogens is 1. The van der Waals surface area contributed by atoms with Gasteiger partial charge in [0, 0.05) is 30.7 Å². The van der Waals surface area contributed by atoms with Crippen LogP contribution in [0.5, 0.6) is 5.75 Å². The quantitative estimate of drug-likeness (QED) is 0.555. The number of fused-ring (bicyclic) bond motifs is 1. The monoisotopic (exact) mass is 457 g/mol. The Morgan fingerprint density at radius 1 is 1.22 bits per heavy atom. The summed E-state index contributed by atoms with van der Waals surface area (Å²) in [5, 5.41) is 3.53. The minimum absolute atomic E-state index is 0.0597. The molecule has 174 valence electrons. The maximum atomic E-state index is 12.3. The van der Waals surface area contributed by atoms with Crippen LogP contribution in [0.2, 0.25) is 0 Å². The molecule has 2 aromatic rings. The first kappa shape index (κ1) is 24.2. The topological polar surface area (TPSA) is 71.5 Å². The van der Waals surface area contributed by atoms with Crippen molar-refractivity contribution in [3.8, 4) is 5.75 Å². The van der Waals surface area contributed by atoms with Gasteiger partial charge in [0.25, 0.3) is 0 Å². The number of benzene rings is 1. The van der Waals surface area contributed by atoms with Gasteiger partial charge in [-0.05, 0) is 35.4 Å². The number of hydrogen-bond acceptors (Lipinski definition) is 5. The lowest BCUT2D eigenvalue weighted by atomic mass is 9.87. The summed E-state index contributed by atoms with van der Waals surface area (Å²) in [5.41, 5.74) is 2.39. The first-order valence-corrected chi connectivity index (χ1v) is 12.2. The Bertz CT molecular complexity index is 929. The highest BCUT2D eigenvalue weighted by atomic mass is 32.1. The molecule has 0 spiro atoms. The first-order valence-electron chi connectivity index (χ1n) is 11.4. The van der Waals surface area contributed by atoms with Crippen molar-refractivity contribution in [1.29, 1.82) is 0 Å². The van der Waals surface area contributed by atoms with Crippen molar-refractivity contribution in [3.63, 3.8) is 0 Å². The van der Waals surface area contributed by atoms with E-state index in [4.69, 9.17) is 4.74 Å². The van der Waals surface area contributed by atoms with Gasteiger partial charge in [-0.15, -0.1) is 0 Å². The number of amides is 2. The van der Waals surface area contributed by atoms with Gasteiger partial charge in [0.15, 0.2) is 5.13 Å². The molecule has 1 aliphatic heterocycles. The third-order valence-corrected chi connectivity index (χ3v) is 6.45. The van der Waals surface area contributed by atoms with Crippen molar-refractivity contribution in [2.24, 2.45) is 5.92 Å². The fourth-order valence-electron chi connectivity index (χ4n) is 3.60. The van der Waals surface area contributed by atoms with E-state index in [9.17, 15) is 9.59 Å². The molecule has 1 aromatic heterocycles. The number of carbonyl (C=O) groups is 2. The molecule has 0 unspecified atom stereocenters. The Labute approximate surface area is 195 Å². The minimum Gasteiger partial charge on any atom is -0.494 e. The Morgan fingerprint density at radius 2 is 1.94 bits per heavy atom. The molecule has 0 atom stereocenters. The van der Waals surface area contributed by atoms with Crippen LogP contribution >= 0.6 is 11.3 Å². The standard InChI is InChI=1S/C25H35N3O3S/c1-17(2)15-23(30)28-13-12-20-21(16-28)32-24(26-20)27-22(29)7-6-14-31-19-10-8-18(9-11-19)25(3,4)5/h8-11,17H,6-7,12-16H2,1-5H3,(H,26,27,29). The molecule has 2 amide bonds. The summed E-state index contributed by atoms with van der Waals surface area (Å²) in [6, 6.07) is 8.14. The fraction of sp³-hybridized carbons (Fsp3) is 0.560. The summed E-state index contributed by atoms with van der Waals surface area (Å²) in [7, 11) is 0. The van der Waals surface area contributed by atoms with Gasteiger partial charge in [0.05, 0.1) is 18.8 Å². The molecule has 0 aliphatic carbocycles. The summed E-state index contributed by atoms with van der Waals surface area (Å²) in [5.74, 6) is 1.31. The highest BCUT2D eigenvalue weighted by Gasteiger charge is 2.24. The number of nitrogens with zero attached hydrogens (tertiary/aromatic N) is 2. The Kier molecular flexibility index (Phi) is 7.93. The number of anilines is 1. The molecular weight excluding hydrogens is 422 g/mol. The van der Waals surface area contributed by atoms with Gasteiger partial charge in [-0.25, -0.2) is 4.98 Å². The average molecular weight is 458 g/mol. The van der Waals surface area contributed by atoms with E-state index < -0.39 is 0 Å². The maximum Gasteiger partial charge on any atom is 0.226 e. The Hall–Kier alpha value is -2.41. The van der Waals surface area contributed by atoms with Crippen LogP contribution < -0.4 is 10.1 Å². The zero-order valence-corrected chi connectivity index (χ0v) is 20.7. The molecule has 7 heteroatoms. The lowest BCUT2D eigenvalue weighted by Crippen LogP contribution is -2.36. The molecule has 0 bridgehead atoms. The number of nitrogens with one attached hydrogen (secondary N) is 1. The molecular formula is C25H35N3O3S.